The van der Waals surface area contributed by atoms with Crippen molar-refractivity contribution < 1.29 is 4.42 Å². The summed E-state index contributed by atoms with van der Waals surface area (Å²) >= 11 is 0. The van der Waals surface area contributed by atoms with Gasteiger partial charge in [0.1, 0.15) is 5.76 Å². The van der Waals surface area contributed by atoms with Gasteiger partial charge >= 0.3 is 0 Å². The van der Waals surface area contributed by atoms with E-state index in [0.29, 0.717) is 6.54 Å². The lowest BCUT2D eigenvalue weighted by atomic mass is 10.1. The van der Waals surface area contributed by atoms with Crippen LogP contribution in [0.5, 0.6) is 0 Å². The summed E-state index contributed by atoms with van der Waals surface area (Å²) < 4.78 is 5.22. The molecule has 1 fully saturated rings. The summed E-state index contributed by atoms with van der Waals surface area (Å²) in [7, 11) is 0. The standard InChI is InChI=1S/C15H19N3O/c1-12-8-13(18-6-2-3-7-18)4-5-15(12)17-10-14-9-16-11-19-14/h4-5,8-9,11,17H,2-3,6-7,10H2,1H3. The predicted octanol–water partition coefficient (Wildman–Crippen LogP) is 3.20. The van der Waals surface area contributed by atoms with Crippen molar-refractivity contribution in [1.29, 1.82) is 0 Å². The van der Waals surface area contributed by atoms with Crippen LogP contribution in [0.25, 0.3) is 0 Å². The minimum Gasteiger partial charge on any atom is -0.447 e. The molecule has 1 N–H and O–H groups in total. The average molecular weight is 257 g/mol. The molecule has 1 saturated heterocycles. The fraction of sp³-hybridized carbons (Fsp3) is 0.400. The molecule has 1 aromatic heterocycles. The normalized spacial score (nSPS) is 14.9. The smallest absolute Gasteiger partial charge is 0.180 e. The van der Waals surface area contributed by atoms with Gasteiger partial charge in [0.15, 0.2) is 6.39 Å². The third-order valence-electron chi connectivity index (χ3n) is 3.62. The van der Waals surface area contributed by atoms with Gasteiger partial charge in [-0.25, -0.2) is 4.98 Å². The van der Waals surface area contributed by atoms with Gasteiger partial charge in [-0.3, -0.25) is 0 Å². The summed E-state index contributed by atoms with van der Waals surface area (Å²) in [6, 6.07) is 6.61. The van der Waals surface area contributed by atoms with Crippen LogP contribution in [0, 0.1) is 6.92 Å². The first-order chi connectivity index (χ1) is 9.33. The van der Waals surface area contributed by atoms with Crippen LogP contribution in [0.2, 0.25) is 0 Å². The van der Waals surface area contributed by atoms with Gasteiger partial charge in [-0.05, 0) is 43.5 Å². The second kappa shape index (κ2) is 5.34. The zero-order valence-corrected chi connectivity index (χ0v) is 11.2. The molecule has 0 amide bonds. The third kappa shape index (κ3) is 2.72. The Labute approximate surface area is 113 Å². The van der Waals surface area contributed by atoms with E-state index in [2.05, 4.69) is 40.3 Å². The Balaban J connectivity index is 1.68. The molecule has 0 bridgehead atoms. The molecule has 0 radical (unpaired) electrons. The summed E-state index contributed by atoms with van der Waals surface area (Å²) in [5.74, 6) is 0.850. The summed E-state index contributed by atoms with van der Waals surface area (Å²) in [5.41, 5.74) is 3.75. The van der Waals surface area contributed by atoms with E-state index in [-0.39, 0.29) is 0 Å². The van der Waals surface area contributed by atoms with E-state index < -0.39 is 0 Å². The lowest BCUT2D eigenvalue weighted by Gasteiger charge is -2.19. The van der Waals surface area contributed by atoms with E-state index in [4.69, 9.17) is 4.42 Å². The van der Waals surface area contributed by atoms with Gasteiger partial charge in [-0.2, -0.15) is 0 Å². The van der Waals surface area contributed by atoms with Crippen molar-refractivity contribution in [1.82, 2.24) is 4.98 Å². The predicted molar refractivity (Wildman–Crippen MR) is 76.5 cm³/mol. The van der Waals surface area contributed by atoms with Crippen LogP contribution >= 0.6 is 0 Å². The zero-order chi connectivity index (χ0) is 13.1. The Morgan fingerprint density at radius 3 is 2.84 bits per heavy atom. The molecule has 1 aliphatic heterocycles. The van der Waals surface area contributed by atoms with Crippen molar-refractivity contribution in [2.24, 2.45) is 0 Å². The number of nitrogens with zero attached hydrogens (tertiary/aromatic N) is 2. The fourth-order valence-corrected chi connectivity index (χ4v) is 2.53. The van der Waals surface area contributed by atoms with Gasteiger partial charge < -0.3 is 14.6 Å². The van der Waals surface area contributed by atoms with E-state index >= 15 is 0 Å². The first-order valence-corrected chi connectivity index (χ1v) is 6.80. The van der Waals surface area contributed by atoms with E-state index in [1.807, 2.05) is 0 Å². The topological polar surface area (TPSA) is 41.3 Å². The zero-order valence-electron chi connectivity index (χ0n) is 11.2. The summed E-state index contributed by atoms with van der Waals surface area (Å²) in [6.07, 6.45) is 5.82. The number of nitrogens with one attached hydrogen (secondary N) is 1. The number of oxazole rings is 1. The second-order valence-electron chi connectivity index (χ2n) is 5.01. The molecule has 0 aliphatic carbocycles. The van der Waals surface area contributed by atoms with Crippen molar-refractivity contribution in [2.45, 2.75) is 26.3 Å². The quantitative estimate of drug-likeness (QED) is 0.913. The number of aryl methyl sites for hydroxylation is 1. The van der Waals surface area contributed by atoms with E-state index in [0.717, 1.165) is 11.4 Å². The van der Waals surface area contributed by atoms with Crippen LogP contribution in [-0.2, 0) is 6.54 Å². The highest BCUT2D eigenvalue weighted by molar-refractivity contribution is 5.60. The van der Waals surface area contributed by atoms with Crippen LogP contribution in [0.3, 0.4) is 0 Å². The number of hydrogen-bond donors (Lipinski definition) is 1. The Hall–Kier alpha value is -1.97. The van der Waals surface area contributed by atoms with E-state index in [1.54, 1.807) is 6.20 Å². The fourth-order valence-electron chi connectivity index (χ4n) is 2.53. The molecule has 1 aromatic carbocycles. The highest BCUT2D eigenvalue weighted by Crippen LogP contribution is 2.25. The van der Waals surface area contributed by atoms with Crippen LogP contribution in [0.1, 0.15) is 24.2 Å². The van der Waals surface area contributed by atoms with Crippen LogP contribution in [0.15, 0.2) is 35.2 Å². The summed E-state index contributed by atoms with van der Waals surface area (Å²) in [4.78, 5) is 6.36. The maximum atomic E-state index is 5.22. The first-order valence-electron chi connectivity index (χ1n) is 6.80. The third-order valence-corrected chi connectivity index (χ3v) is 3.62. The summed E-state index contributed by atoms with van der Waals surface area (Å²) in [6.45, 7) is 5.18. The van der Waals surface area contributed by atoms with E-state index in [9.17, 15) is 0 Å². The molecule has 4 nitrogen and oxygen atoms in total. The van der Waals surface area contributed by atoms with Crippen LogP contribution in [0.4, 0.5) is 11.4 Å². The molecule has 0 saturated carbocycles. The Morgan fingerprint density at radius 2 is 2.16 bits per heavy atom. The number of anilines is 2. The molecule has 0 atom stereocenters. The van der Waals surface area contributed by atoms with Gasteiger partial charge in [-0.15, -0.1) is 0 Å². The first kappa shape index (κ1) is 12.1. The molecular weight excluding hydrogens is 238 g/mol. The molecule has 0 unspecified atom stereocenters. The number of hydrogen-bond acceptors (Lipinski definition) is 4. The van der Waals surface area contributed by atoms with Crippen molar-refractivity contribution >= 4 is 11.4 Å². The van der Waals surface area contributed by atoms with Crippen molar-refractivity contribution in [3.8, 4) is 0 Å². The lowest BCUT2D eigenvalue weighted by Crippen LogP contribution is -2.17. The molecule has 0 spiro atoms. The molecule has 19 heavy (non-hydrogen) atoms. The Kier molecular flexibility index (Phi) is 3.40. The highest BCUT2D eigenvalue weighted by atomic mass is 16.3. The van der Waals surface area contributed by atoms with Gasteiger partial charge in [0.25, 0.3) is 0 Å². The van der Waals surface area contributed by atoms with Crippen molar-refractivity contribution in [3.63, 3.8) is 0 Å². The number of rotatable bonds is 4. The SMILES string of the molecule is Cc1cc(N2CCCC2)ccc1NCc1cnco1. The largest absolute Gasteiger partial charge is 0.447 e. The Morgan fingerprint density at radius 1 is 1.32 bits per heavy atom. The molecule has 100 valence electrons. The van der Waals surface area contributed by atoms with Crippen LogP contribution in [-0.4, -0.2) is 18.1 Å². The second-order valence-corrected chi connectivity index (χ2v) is 5.01. The Bertz CT molecular complexity index is 530. The van der Waals surface area contributed by atoms with Gasteiger partial charge in [0.05, 0.1) is 12.7 Å². The van der Waals surface area contributed by atoms with Gasteiger partial charge in [0, 0.05) is 24.5 Å². The van der Waals surface area contributed by atoms with Gasteiger partial charge in [0.2, 0.25) is 0 Å². The molecule has 1 aliphatic rings. The van der Waals surface area contributed by atoms with E-state index in [1.165, 1.54) is 43.6 Å². The lowest BCUT2D eigenvalue weighted by molar-refractivity contribution is 0.511. The highest BCUT2D eigenvalue weighted by Gasteiger charge is 2.12. The van der Waals surface area contributed by atoms with Crippen molar-refractivity contribution in [3.05, 3.63) is 42.1 Å². The van der Waals surface area contributed by atoms with Gasteiger partial charge in [-0.1, -0.05) is 0 Å². The van der Waals surface area contributed by atoms with Crippen molar-refractivity contribution in [2.75, 3.05) is 23.3 Å². The number of aromatic nitrogens is 1. The molecule has 2 heterocycles. The molecule has 4 heteroatoms. The number of benzene rings is 1. The molecule has 3 rings (SSSR count). The molecular formula is C15H19N3O. The van der Waals surface area contributed by atoms with Crippen LogP contribution < -0.4 is 10.2 Å². The summed E-state index contributed by atoms with van der Waals surface area (Å²) in [5, 5.41) is 3.38. The maximum absolute atomic E-state index is 5.22. The monoisotopic (exact) mass is 257 g/mol. The minimum absolute atomic E-state index is 0.671. The molecule has 2 aromatic rings. The average Bonchev–Trinajstić information content (AvgIpc) is 3.10. The minimum atomic E-state index is 0.671. The maximum Gasteiger partial charge on any atom is 0.180 e.